The van der Waals surface area contributed by atoms with E-state index in [4.69, 9.17) is 0 Å². The zero-order valence-electron chi connectivity index (χ0n) is 11.7. The molecule has 20 heavy (non-hydrogen) atoms. The van der Waals surface area contributed by atoms with Crippen LogP contribution in [-0.4, -0.2) is 48.7 Å². The van der Waals surface area contributed by atoms with Gasteiger partial charge in [0.05, 0.1) is 17.9 Å². The molecule has 106 valence electrons. The van der Waals surface area contributed by atoms with Gasteiger partial charge in [-0.15, -0.1) is 5.10 Å². The maximum absolute atomic E-state index is 12.5. The van der Waals surface area contributed by atoms with Crippen molar-refractivity contribution < 1.29 is 4.79 Å². The first-order valence-electron chi connectivity index (χ1n) is 6.81. The summed E-state index contributed by atoms with van der Waals surface area (Å²) in [5.41, 5.74) is 1.52. The molecule has 1 fully saturated rings. The summed E-state index contributed by atoms with van der Waals surface area (Å²) in [6.45, 7) is 3.38. The molecule has 7 nitrogen and oxygen atoms in total. The fraction of sp³-hybridized carbons (Fsp3) is 0.538. The van der Waals surface area contributed by atoms with Crippen molar-refractivity contribution in [3.05, 3.63) is 29.8 Å². The van der Waals surface area contributed by atoms with Crippen molar-refractivity contribution in [1.82, 2.24) is 29.7 Å². The van der Waals surface area contributed by atoms with E-state index in [0.717, 1.165) is 31.6 Å². The van der Waals surface area contributed by atoms with Gasteiger partial charge in [0, 0.05) is 26.3 Å². The molecular formula is C13H18N6O. The van der Waals surface area contributed by atoms with E-state index in [0.29, 0.717) is 11.7 Å². The number of hydrogen-bond acceptors (Lipinski definition) is 4. The Balaban J connectivity index is 1.66. The minimum absolute atomic E-state index is 0.0603. The molecule has 2 aromatic rings. The van der Waals surface area contributed by atoms with Crippen LogP contribution in [0.2, 0.25) is 0 Å². The first-order valence-corrected chi connectivity index (χ1v) is 6.81. The van der Waals surface area contributed by atoms with Gasteiger partial charge in [-0.2, -0.15) is 5.10 Å². The lowest BCUT2D eigenvalue weighted by molar-refractivity contribution is 0.0678. The van der Waals surface area contributed by atoms with Crippen molar-refractivity contribution >= 4 is 5.91 Å². The van der Waals surface area contributed by atoms with Crippen LogP contribution >= 0.6 is 0 Å². The first kappa shape index (κ1) is 12.8. The van der Waals surface area contributed by atoms with E-state index in [-0.39, 0.29) is 5.91 Å². The zero-order valence-corrected chi connectivity index (χ0v) is 11.7. The number of likely N-dealkylation sites (tertiary alicyclic amines) is 1. The van der Waals surface area contributed by atoms with Crippen molar-refractivity contribution in [3.8, 4) is 0 Å². The van der Waals surface area contributed by atoms with Crippen LogP contribution in [0.5, 0.6) is 0 Å². The average molecular weight is 274 g/mol. The highest BCUT2D eigenvalue weighted by molar-refractivity contribution is 5.92. The van der Waals surface area contributed by atoms with Crippen LogP contribution in [0.15, 0.2) is 18.5 Å². The van der Waals surface area contributed by atoms with Gasteiger partial charge >= 0.3 is 0 Å². The molecule has 0 unspecified atom stereocenters. The third-order valence-electron chi connectivity index (χ3n) is 3.79. The molecular weight excluding hydrogens is 256 g/mol. The second kappa shape index (κ2) is 5.07. The average Bonchev–Trinajstić information content (AvgIpc) is 3.08. The summed E-state index contributed by atoms with van der Waals surface area (Å²) in [5.74, 6) is 0.0603. The zero-order chi connectivity index (χ0) is 14.1. The third-order valence-corrected chi connectivity index (χ3v) is 3.79. The molecule has 1 aliphatic rings. The Bertz CT molecular complexity index is 594. The minimum Gasteiger partial charge on any atom is -0.337 e. The molecule has 0 saturated carbocycles. The van der Waals surface area contributed by atoms with Gasteiger partial charge < -0.3 is 4.90 Å². The lowest BCUT2D eigenvalue weighted by Crippen LogP contribution is -2.39. The topological polar surface area (TPSA) is 68.8 Å². The number of carbonyl (C=O) groups is 1. The molecule has 1 saturated heterocycles. The third kappa shape index (κ3) is 2.31. The van der Waals surface area contributed by atoms with E-state index < -0.39 is 0 Å². The van der Waals surface area contributed by atoms with Crippen molar-refractivity contribution in [3.63, 3.8) is 0 Å². The molecule has 7 heteroatoms. The van der Waals surface area contributed by atoms with Gasteiger partial charge in [-0.25, -0.2) is 4.68 Å². The predicted octanol–water partition coefficient (Wildman–Crippen LogP) is 0.797. The second-order valence-electron chi connectivity index (χ2n) is 5.20. The quantitative estimate of drug-likeness (QED) is 0.812. The second-order valence-corrected chi connectivity index (χ2v) is 5.20. The summed E-state index contributed by atoms with van der Waals surface area (Å²) in [6.07, 6.45) is 5.39. The summed E-state index contributed by atoms with van der Waals surface area (Å²) in [4.78, 5) is 14.4. The van der Waals surface area contributed by atoms with E-state index in [2.05, 4.69) is 15.4 Å². The SMILES string of the molecule is Cc1cc(C(=O)N2CCC(n3ccnn3)CC2)n(C)n1. The van der Waals surface area contributed by atoms with Crippen LogP contribution in [-0.2, 0) is 7.05 Å². The van der Waals surface area contributed by atoms with Crippen LogP contribution in [0.4, 0.5) is 0 Å². The smallest absolute Gasteiger partial charge is 0.272 e. The summed E-state index contributed by atoms with van der Waals surface area (Å²) < 4.78 is 3.54. The Morgan fingerprint density at radius 2 is 2.10 bits per heavy atom. The maximum Gasteiger partial charge on any atom is 0.272 e. The van der Waals surface area contributed by atoms with E-state index in [9.17, 15) is 4.79 Å². The fourth-order valence-corrected chi connectivity index (χ4v) is 2.72. The van der Waals surface area contributed by atoms with Crippen molar-refractivity contribution in [2.75, 3.05) is 13.1 Å². The van der Waals surface area contributed by atoms with Crippen LogP contribution < -0.4 is 0 Å². The molecule has 3 heterocycles. The van der Waals surface area contributed by atoms with Gasteiger partial charge in [-0.05, 0) is 25.8 Å². The monoisotopic (exact) mass is 274 g/mol. The van der Waals surface area contributed by atoms with Gasteiger partial charge in [-0.3, -0.25) is 9.48 Å². The van der Waals surface area contributed by atoms with Gasteiger partial charge in [-0.1, -0.05) is 5.21 Å². The Labute approximate surface area is 117 Å². The molecule has 2 aromatic heterocycles. The number of aromatic nitrogens is 5. The van der Waals surface area contributed by atoms with Crippen LogP contribution in [0, 0.1) is 6.92 Å². The van der Waals surface area contributed by atoms with Gasteiger partial charge in [0.1, 0.15) is 5.69 Å². The fourth-order valence-electron chi connectivity index (χ4n) is 2.72. The van der Waals surface area contributed by atoms with Crippen molar-refractivity contribution in [1.29, 1.82) is 0 Å². The molecule has 3 rings (SSSR count). The number of carbonyl (C=O) groups excluding carboxylic acids is 1. The highest BCUT2D eigenvalue weighted by Gasteiger charge is 2.26. The molecule has 1 amide bonds. The van der Waals surface area contributed by atoms with E-state index in [1.807, 2.05) is 35.8 Å². The molecule has 0 spiro atoms. The van der Waals surface area contributed by atoms with E-state index in [1.165, 1.54) is 0 Å². The summed E-state index contributed by atoms with van der Waals surface area (Å²) in [5, 5.41) is 12.1. The molecule has 1 aliphatic heterocycles. The Hall–Kier alpha value is -2.18. The number of aryl methyl sites for hydroxylation is 2. The molecule has 0 aliphatic carbocycles. The normalized spacial score (nSPS) is 16.6. The van der Waals surface area contributed by atoms with E-state index in [1.54, 1.807) is 10.9 Å². The number of rotatable bonds is 2. The first-order chi connectivity index (χ1) is 9.65. The highest BCUT2D eigenvalue weighted by atomic mass is 16.2. The van der Waals surface area contributed by atoms with Gasteiger partial charge in [0.25, 0.3) is 5.91 Å². The van der Waals surface area contributed by atoms with E-state index >= 15 is 0 Å². The molecule has 0 N–H and O–H groups in total. The summed E-state index contributed by atoms with van der Waals surface area (Å²) >= 11 is 0. The van der Waals surface area contributed by atoms with Crippen LogP contribution in [0.3, 0.4) is 0 Å². The summed E-state index contributed by atoms with van der Waals surface area (Å²) in [6, 6.07) is 2.18. The Morgan fingerprint density at radius 1 is 1.35 bits per heavy atom. The van der Waals surface area contributed by atoms with Crippen molar-refractivity contribution in [2.45, 2.75) is 25.8 Å². The van der Waals surface area contributed by atoms with Crippen LogP contribution in [0.25, 0.3) is 0 Å². The minimum atomic E-state index is 0.0603. The number of nitrogens with zero attached hydrogens (tertiary/aromatic N) is 6. The molecule has 0 aromatic carbocycles. The number of hydrogen-bond donors (Lipinski definition) is 0. The molecule has 0 radical (unpaired) electrons. The largest absolute Gasteiger partial charge is 0.337 e. The maximum atomic E-state index is 12.5. The Kier molecular flexibility index (Phi) is 3.25. The molecule has 0 bridgehead atoms. The summed E-state index contributed by atoms with van der Waals surface area (Å²) in [7, 11) is 1.81. The van der Waals surface area contributed by atoms with Gasteiger partial charge in [0.15, 0.2) is 0 Å². The van der Waals surface area contributed by atoms with Crippen LogP contribution in [0.1, 0.15) is 35.1 Å². The molecule has 0 atom stereocenters. The number of piperidine rings is 1. The number of amides is 1. The Morgan fingerprint density at radius 3 is 2.65 bits per heavy atom. The lowest BCUT2D eigenvalue weighted by atomic mass is 10.0. The predicted molar refractivity (Wildman–Crippen MR) is 72.1 cm³/mol. The van der Waals surface area contributed by atoms with Crippen molar-refractivity contribution in [2.24, 2.45) is 7.05 Å². The highest BCUT2D eigenvalue weighted by Crippen LogP contribution is 2.22. The van der Waals surface area contributed by atoms with Gasteiger partial charge in [0.2, 0.25) is 0 Å². The standard InChI is InChI=1S/C13H18N6O/c1-10-9-12(17(2)15-10)13(20)18-6-3-11(4-7-18)19-8-5-14-16-19/h5,8-9,11H,3-4,6-7H2,1-2H3. The lowest BCUT2D eigenvalue weighted by Gasteiger charge is -2.31.